The molecular formula is C30H53NO2Sn. The van der Waals surface area contributed by atoms with Crippen molar-refractivity contribution in [3.8, 4) is 0 Å². The zero-order valence-corrected chi connectivity index (χ0v) is 25.9. The van der Waals surface area contributed by atoms with Crippen molar-refractivity contribution in [1.29, 1.82) is 0 Å². The standard InChI is InChI=1S/C18H26NO2.3C4H9.Sn/c1-3-19(4-2)14-15-21-17(20)18(12-8-9-13-18)16-10-6-5-7-11-16;3*1-3-4-2;/h6-7,10-11H,3-4,8-9,12-15H2,1-2H3;3*1,3-4H2,2H3;. The van der Waals surface area contributed by atoms with Crippen LogP contribution >= 0.6 is 0 Å². The van der Waals surface area contributed by atoms with Gasteiger partial charge < -0.3 is 0 Å². The van der Waals surface area contributed by atoms with Crippen LogP contribution in [0.5, 0.6) is 0 Å². The van der Waals surface area contributed by atoms with Crippen molar-refractivity contribution < 1.29 is 9.53 Å². The number of carbonyl (C=O) groups excluding carboxylic acids is 1. The number of benzene rings is 1. The third-order valence-electron chi connectivity index (χ3n) is 8.46. The van der Waals surface area contributed by atoms with Crippen LogP contribution in [0, 0.1) is 0 Å². The number of hydrogen-bond donors (Lipinski definition) is 0. The van der Waals surface area contributed by atoms with Crippen molar-refractivity contribution in [3.05, 3.63) is 29.8 Å². The van der Waals surface area contributed by atoms with Gasteiger partial charge in [-0.25, -0.2) is 0 Å². The van der Waals surface area contributed by atoms with Gasteiger partial charge in [0, 0.05) is 0 Å². The van der Waals surface area contributed by atoms with Gasteiger partial charge in [0.15, 0.2) is 0 Å². The molecule has 0 radical (unpaired) electrons. The van der Waals surface area contributed by atoms with Crippen LogP contribution in [-0.2, 0) is 14.9 Å². The molecule has 1 aliphatic carbocycles. The van der Waals surface area contributed by atoms with Gasteiger partial charge in [-0.05, 0) is 0 Å². The molecule has 1 aromatic rings. The van der Waals surface area contributed by atoms with E-state index in [0.29, 0.717) is 6.61 Å². The van der Waals surface area contributed by atoms with Crippen LogP contribution in [0.2, 0.25) is 13.3 Å². The molecule has 0 heterocycles. The topological polar surface area (TPSA) is 29.5 Å². The van der Waals surface area contributed by atoms with E-state index in [9.17, 15) is 4.79 Å². The first-order valence-corrected chi connectivity index (χ1v) is 22.0. The predicted octanol–water partition coefficient (Wildman–Crippen LogP) is 7.44. The van der Waals surface area contributed by atoms with Crippen molar-refractivity contribution in [3.63, 3.8) is 0 Å². The first-order valence-electron chi connectivity index (χ1n) is 14.5. The van der Waals surface area contributed by atoms with Gasteiger partial charge in [0.2, 0.25) is 0 Å². The molecule has 34 heavy (non-hydrogen) atoms. The Bertz CT molecular complexity index is 670. The number of carbonyl (C=O) groups is 1. The summed E-state index contributed by atoms with van der Waals surface area (Å²) in [6, 6.07) is 9.61. The summed E-state index contributed by atoms with van der Waals surface area (Å²) in [6.07, 6.45) is 12.2. The van der Waals surface area contributed by atoms with E-state index in [1.807, 2.05) is 0 Å². The Morgan fingerprint density at radius 3 is 1.79 bits per heavy atom. The first kappa shape index (κ1) is 29.7. The summed E-state index contributed by atoms with van der Waals surface area (Å²) >= 11 is -2.43. The average Bonchev–Trinajstić information content (AvgIpc) is 3.38. The quantitative estimate of drug-likeness (QED) is 0.142. The second kappa shape index (κ2) is 15.5. The number of hydrogen-bond acceptors (Lipinski definition) is 3. The number of rotatable bonds is 17. The van der Waals surface area contributed by atoms with Crippen LogP contribution in [0.3, 0.4) is 0 Å². The van der Waals surface area contributed by atoms with Crippen LogP contribution in [0.25, 0.3) is 0 Å². The summed E-state index contributed by atoms with van der Waals surface area (Å²) in [4.78, 5) is 15.7. The molecule has 1 saturated carbocycles. The molecule has 0 saturated heterocycles. The van der Waals surface area contributed by atoms with E-state index in [1.165, 1.54) is 57.4 Å². The molecule has 0 spiro atoms. The molecule has 0 N–H and O–H groups in total. The number of ether oxygens (including phenoxy) is 1. The van der Waals surface area contributed by atoms with Crippen LogP contribution in [-0.4, -0.2) is 55.5 Å². The van der Waals surface area contributed by atoms with Crippen LogP contribution in [0.1, 0.15) is 104 Å². The summed E-state index contributed by atoms with van der Waals surface area (Å²) in [7, 11) is 0. The SMILES string of the molecule is CCC[CH2][Sn]([CH2]CCC)([CH2]CCC)[c]1ccc(C2(C(=O)OCCN(CC)CC)CCCC2)cc1. The van der Waals surface area contributed by atoms with E-state index in [4.69, 9.17) is 4.74 Å². The fourth-order valence-electron chi connectivity index (χ4n) is 6.03. The van der Waals surface area contributed by atoms with Crippen molar-refractivity contribution in [2.45, 2.75) is 118 Å². The van der Waals surface area contributed by atoms with Gasteiger partial charge in [0.25, 0.3) is 0 Å². The summed E-state index contributed by atoms with van der Waals surface area (Å²) < 4.78 is 12.1. The molecule has 4 heteroatoms. The molecule has 0 aliphatic heterocycles. The van der Waals surface area contributed by atoms with Gasteiger partial charge in [-0.2, -0.15) is 0 Å². The number of unbranched alkanes of at least 4 members (excludes halogenated alkanes) is 3. The third kappa shape index (κ3) is 7.72. The van der Waals surface area contributed by atoms with E-state index >= 15 is 0 Å². The second-order valence-electron chi connectivity index (χ2n) is 10.6. The Balaban J connectivity index is 2.26. The predicted molar refractivity (Wildman–Crippen MR) is 150 cm³/mol. The molecule has 3 nitrogen and oxygen atoms in total. The van der Waals surface area contributed by atoms with Gasteiger partial charge in [-0.1, -0.05) is 0 Å². The Morgan fingerprint density at radius 1 is 0.853 bits per heavy atom. The molecule has 0 aromatic heterocycles. The minimum absolute atomic E-state index is 0.0163. The zero-order chi connectivity index (χ0) is 24.9. The third-order valence-corrected chi connectivity index (χ3v) is 24.1. The van der Waals surface area contributed by atoms with Crippen LogP contribution in [0.4, 0.5) is 0 Å². The molecule has 0 unspecified atom stereocenters. The summed E-state index contributed by atoms with van der Waals surface area (Å²) in [5.41, 5.74) is 0.791. The van der Waals surface area contributed by atoms with Gasteiger partial charge in [-0.15, -0.1) is 0 Å². The molecule has 1 aliphatic rings. The summed E-state index contributed by atoms with van der Waals surface area (Å²) in [5.74, 6) is 0.0163. The second-order valence-corrected chi connectivity index (χ2v) is 23.9. The van der Waals surface area contributed by atoms with E-state index in [2.05, 4.69) is 63.8 Å². The summed E-state index contributed by atoms with van der Waals surface area (Å²) in [5, 5.41) is 0. The average molecular weight is 578 g/mol. The normalized spacial score (nSPS) is 15.7. The maximum absolute atomic E-state index is 13.4. The van der Waals surface area contributed by atoms with Crippen molar-refractivity contribution in [2.24, 2.45) is 0 Å². The number of esters is 1. The van der Waals surface area contributed by atoms with Gasteiger partial charge in [0.1, 0.15) is 0 Å². The molecule has 0 amide bonds. The molecular weight excluding hydrogens is 525 g/mol. The minimum atomic E-state index is -2.43. The Hall–Kier alpha value is -0.551. The molecule has 0 atom stereocenters. The number of likely N-dealkylation sites (N-methyl/N-ethyl adjacent to an activating group) is 1. The Morgan fingerprint density at radius 2 is 1.35 bits per heavy atom. The van der Waals surface area contributed by atoms with Gasteiger partial charge in [-0.3, -0.25) is 0 Å². The van der Waals surface area contributed by atoms with E-state index < -0.39 is 23.8 Å². The van der Waals surface area contributed by atoms with Crippen LogP contribution < -0.4 is 3.58 Å². The van der Waals surface area contributed by atoms with E-state index in [-0.39, 0.29) is 5.97 Å². The maximum atomic E-state index is 13.4. The van der Waals surface area contributed by atoms with Crippen molar-refractivity contribution >= 4 is 27.9 Å². The molecule has 2 rings (SSSR count). The molecule has 1 fully saturated rings. The Kier molecular flexibility index (Phi) is 13.6. The molecule has 194 valence electrons. The van der Waals surface area contributed by atoms with Crippen molar-refractivity contribution in [2.75, 3.05) is 26.2 Å². The number of nitrogens with zero attached hydrogens (tertiary/aromatic N) is 1. The molecule has 1 aromatic carbocycles. The first-order chi connectivity index (χ1) is 16.5. The van der Waals surface area contributed by atoms with Gasteiger partial charge in [0.05, 0.1) is 0 Å². The molecule has 0 bridgehead atoms. The van der Waals surface area contributed by atoms with Crippen LogP contribution in [0.15, 0.2) is 24.3 Å². The summed E-state index contributed by atoms with van der Waals surface area (Å²) in [6.45, 7) is 14.7. The fraction of sp³-hybridized carbons (Fsp3) is 0.767. The Labute approximate surface area is 215 Å². The monoisotopic (exact) mass is 579 g/mol. The van der Waals surface area contributed by atoms with E-state index in [1.54, 1.807) is 3.58 Å². The fourth-order valence-corrected chi connectivity index (χ4v) is 22.0. The van der Waals surface area contributed by atoms with E-state index in [0.717, 1.165) is 45.3 Å². The van der Waals surface area contributed by atoms with Crippen molar-refractivity contribution in [1.82, 2.24) is 4.90 Å². The van der Waals surface area contributed by atoms with Gasteiger partial charge >= 0.3 is 216 Å². The zero-order valence-electron chi connectivity index (χ0n) is 23.1.